The highest BCUT2D eigenvalue weighted by Crippen LogP contribution is 2.33. The molecule has 0 atom stereocenters. The molecule has 1 heterocycles. The van der Waals surface area contributed by atoms with E-state index in [1.165, 1.54) is 24.5 Å². The lowest BCUT2D eigenvalue weighted by Gasteiger charge is -2.11. The zero-order valence-corrected chi connectivity index (χ0v) is 12.0. The molecule has 2 rings (SSSR count). The van der Waals surface area contributed by atoms with Gasteiger partial charge in [0.25, 0.3) is 5.91 Å². The van der Waals surface area contributed by atoms with Gasteiger partial charge in [-0.1, -0.05) is 15.9 Å². The molecule has 1 amide bonds. The molecule has 110 valence electrons. The van der Waals surface area contributed by atoms with Crippen LogP contribution >= 0.6 is 15.9 Å². The van der Waals surface area contributed by atoms with Crippen LogP contribution in [0.4, 0.5) is 24.5 Å². The number of nitrogens with two attached hydrogens (primary N) is 1. The van der Waals surface area contributed by atoms with Crippen molar-refractivity contribution in [1.29, 1.82) is 0 Å². The first-order chi connectivity index (χ1) is 9.77. The fraction of sp³-hybridized carbons (Fsp3) is 0.0769. The Hall–Kier alpha value is -2.09. The summed E-state index contributed by atoms with van der Waals surface area (Å²) in [6, 6.07) is 4.52. The van der Waals surface area contributed by atoms with E-state index >= 15 is 0 Å². The summed E-state index contributed by atoms with van der Waals surface area (Å²) in [7, 11) is 0. The van der Waals surface area contributed by atoms with E-state index in [0.717, 1.165) is 12.1 Å². The number of amides is 1. The Morgan fingerprint density at radius 3 is 2.62 bits per heavy atom. The summed E-state index contributed by atoms with van der Waals surface area (Å²) in [5.41, 5.74) is 5.02. The van der Waals surface area contributed by atoms with Crippen molar-refractivity contribution >= 4 is 33.2 Å². The van der Waals surface area contributed by atoms with E-state index < -0.39 is 17.6 Å². The largest absolute Gasteiger partial charge is 0.416 e. The zero-order valence-electron chi connectivity index (χ0n) is 10.4. The van der Waals surface area contributed by atoms with Crippen LogP contribution in [-0.4, -0.2) is 10.9 Å². The van der Waals surface area contributed by atoms with Gasteiger partial charge >= 0.3 is 6.18 Å². The number of nitrogens with zero attached hydrogens (tertiary/aromatic N) is 1. The second-order valence-electron chi connectivity index (χ2n) is 4.14. The van der Waals surface area contributed by atoms with Crippen LogP contribution in [0.3, 0.4) is 0 Å². The lowest BCUT2D eigenvalue weighted by atomic mass is 10.1. The van der Waals surface area contributed by atoms with Gasteiger partial charge in [0, 0.05) is 16.4 Å². The molecule has 0 aliphatic carbocycles. The maximum Gasteiger partial charge on any atom is 0.416 e. The third-order valence-corrected chi connectivity index (χ3v) is 3.04. The Morgan fingerprint density at radius 2 is 2.00 bits per heavy atom. The molecule has 0 aliphatic heterocycles. The predicted molar refractivity (Wildman–Crippen MR) is 75.7 cm³/mol. The van der Waals surface area contributed by atoms with Crippen LogP contribution in [0.2, 0.25) is 0 Å². The number of anilines is 2. The van der Waals surface area contributed by atoms with Gasteiger partial charge in [-0.2, -0.15) is 13.2 Å². The first-order valence-electron chi connectivity index (χ1n) is 5.66. The number of aromatic nitrogens is 1. The molecule has 4 nitrogen and oxygen atoms in total. The van der Waals surface area contributed by atoms with E-state index in [1.807, 2.05) is 0 Å². The molecule has 21 heavy (non-hydrogen) atoms. The number of carbonyl (C=O) groups excluding carboxylic acids is 1. The fourth-order valence-electron chi connectivity index (χ4n) is 1.64. The van der Waals surface area contributed by atoms with Crippen molar-refractivity contribution in [3.63, 3.8) is 0 Å². The van der Waals surface area contributed by atoms with Gasteiger partial charge in [0.05, 0.1) is 23.0 Å². The minimum absolute atomic E-state index is 0.0120. The van der Waals surface area contributed by atoms with E-state index in [-0.39, 0.29) is 21.4 Å². The molecule has 0 bridgehead atoms. The number of carbonyl (C=O) groups is 1. The molecule has 0 saturated heterocycles. The molecule has 3 N–H and O–H groups in total. The van der Waals surface area contributed by atoms with Gasteiger partial charge in [-0.15, -0.1) is 0 Å². The maximum atomic E-state index is 12.7. The summed E-state index contributed by atoms with van der Waals surface area (Å²) in [5, 5.41) is 2.38. The van der Waals surface area contributed by atoms with Crippen LogP contribution in [0.1, 0.15) is 15.9 Å². The fourth-order valence-corrected chi connectivity index (χ4v) is 2.13. The molecule has 0 spiro atoms. The summed E-state index contributed by atoms with van der Waals surface area (Å²) in [5.74, 6) is -0.610. The van der Waals surface area contributed by atoms with Crippen molar-refractivity contribution in [2.75, 3.05) is 11.1 Å². The number of hydrogen-bond acceptors (Lipinski definition) is 3. The monoisotopic (exact) mass is 359 g/mol. The number of nitrogens with one attached hydrogen (secondary N) is 1. The van der Waals surface area contributed by atoms with Crippen LogP contribution in [0.15, 0.2) is 41.1 Å². The first kappa shape index (κ1) is 15.3. The SMILES string of the molecule is Nc1cnccc1C(=O)Nc1cc(Br)cc(C(F)(F)F)c1. The topological polar surface area (TPSA) is 68.0 Å². The van der Waals surface area contributed by atoms with Gasteiger partial charge in [-0.3, -0.25) is 9.78 Å². The molecular formula is C13H9BrF3N3O. The van der Waals surface area contributed by atoms with E-state index in [2.05, 4.69) is 26.2 Å². The highest BCUT2D eigenvalue weighted by atomic mass is 79.9. The second kappa shape index (κ2) is 5.72. The summed E-state index contributed by atoms with van der Waals surface area (Å²) < 4.78 is 38.3. The summed E-state index contributed by atoms with van der Waals surface area (Å²) in [6.45, 7) is 0. The summed E-state index contributed by atoms with van der Waals surface area (Å²) in [6.07, 6.45) is -1.84. The smallest absolute Gasteiger partial charge is 0.397 e. The third-order valence-electron chi connectivity index (χ3n) is 2.58. The molecular weight excluding hydrogens is 351 g/mol. The van der Waals surface area contributed by atoms with Crippen LogP contribution in [0.25, 0.3) is 0 Å². The van der Waals surface area contributed by atoms with Gasteiger partial charge in [0.2, 0.25) is 0 Å². The number of nitrogen functional groups attached to an aromatic ring is 1. The van der Waals surface area contributed by atoms with Crippen LogP contribution in [-0.2, 0) is 6.18 Å². The molecule has 0 radical (unpaired) electrons. The first-order valence-corrected chi connectivity index (χ1v) is 6.45. The lowest BCUT2D eigenvalue weighted by Crippen LogP contribution is -2.15. The molecule has 0 unspecified atom stereocenters. The normalized spacial score (nSPS) is 11.2. The quantitative estimate of drug-likeness (QED) is 0.858. The van der Waals surface area contributed by atoms with Crippen molar-refractivity contribution in [2.24, 2.45) is 0 Å². The van der Waals surface area contributed by atoms with Gasteiger partial charge in [-0.25, -0.2) is 0 Å². The number of alkyl halides is 3. The average molecular weight is 360 g/mol. The van der Waals surface area contributed by atoms with E-state index in [0.29, 0.717) is 0 Å². The van der Waals surface area contributed by atoms with Gasteiger partial charge < -0.3 is 11.1 Å². The van der Waals surface area contributed by atoms with E-state index in [1.54, 1.807) is 0 Å². The summed E-state index contributed by atoms with van der Waals surface area (Å²) >= 11 is 2.98. The van der Waals surface area contributed by atoms with Crippen LogP contribution in [0.5, 0.6) is 0 Å². The molecule has 8 heteroatoms. The maximum absolute atomic E-state index is 12.7. The average Bonchev–Trinajstić information content (AvgIpc) is 2.37. The Morgan fingerprint density at radius 1 is 1.29 bits per heavy atom. The Kier molecular flexibility index (Phi) is 4.17. The van der Waals surface area contributed by atoms with Gasteiger partial charge in [0.1, 0.15) is 0 Å². The van der Waals surface area contributed by atoms with Crippen molar-refractivity contribution in [1.82, 2.24) is 4.98 Å². The molecule has 1 aromatic heterocycles. The Balaban J connectivity index is 2.30. The zero-order chi connectivity index (χ0) is 15.6. The number of pyridine rings is 1. The minimum Gasteiger partial charge on any atom is -0.397 e. The lowest BCUT2D eigenvalue weighted by molar-refractivity contribution is -0.137. The van der Waals surface area contributed by atoms with E-state index in [4.69, 9.17) is 5.73 Å². The Bertz CT molecular complexity index is 689. The minimum atomic E-state index is -4.50. The van der Waals surface area contributed by atoms with Gasteiger partial charge in [0.15, 0.2) is 0 Å². The predicted octanol–water partition coefficient (Wildman–Crippen LogP) is 3.70. The number of benzene rings is 1. The van der Waals surface area contributed by atoms with Gasteiger partial charge in [-0.05, 0) is 24.3 Å². The van der Waals surface area contributed by atoms with Crippen LogP contribution < -0.4 is 11.1 Å². The molecule has 2 aromatic rings. The van der Waals surface area contributed by atoms with E-state index in [9.17, 15) is 18.0 Å². The van der Waals surface area contributed by atoms with Crippen molar-refractivity contribution < 1.29 is 18.0 Å². The standard InChI is InChI=1S/C13H9BrF3N3O/c14-8-3-7(13(15,16)17)4-9(5-8)20-12(21)10-1-2-19-6-11(10)18/h1-6H,18H2,(H,20,21). The highest BCUT2D eigenvalue weighted by Gasteiger charge is 2.31. The molecule has 0 saturated carbocycles. The second-order valence-corrected chi connectivity index (χ2v) is 5.06. The molecule has 1 aromatic carbocycles. The van der Waals surface area contributed by atoms with Crippen molar-refractivity contribution in [3.8, 4) is 0 Å². The molecule has 0 fully saturated rings. The molecule has 0 aliphatic rings. The van der Waals surface area contributed by atoms with Crippen molar-refractivity contribution in [2.45, 2.75) is 6.18 Å². The summed E-state index contributed by atoms with van der Waals surface area (Å²) in [4.78, 5) is 15.7. The number of halogens is 4. The van der Waals surface area contributed by atoms with Crippen molar-refractivity contribution in [3.05, 3.63) is 52.3 Å². The number of rotatable bonds is 2. The Labute approximate surface area is 126 Å². The third kappa shape index (κ3) is 3.72. The number of hydrogen-bond donors (Lipinski definition) is 2. The van der Waals surface area contributed by atoms with Crippen LogP contribution in [0, 0.1) is 0 Å². The highest BCUT2D eigenvalue weighted by molar-refractivity contribution is 9.10.